The molecule has 0 heterocycles. The smallest absolute Gasteiger partial charge is 0.222 e. The molecule has 0 rings (SSSR count). The van der Waals surface area contributed by atoms with Gasteiger partial charge in [0.1, 0.15) is 0 Å². The first-order valence-electron chi connectivity index (χ1n) is 1.74. The van der Waals surface area contributed by atoms with E-state index >= 15 is 0 Å². The molecule has 0 radical (unpaired) electrons. The summed E-state index contributed by atoms with van der Waals surface area (Å²) in [6.45, 7) is 0. The van der Waals surface area contributed by atoms with Crippen molar-refractivity contribution >= 4 is 37.5 Å². The van der Waals surface area contributed by atoms with E-state index in [-0.39, 0.29) is 4.70 Å². The first-order valence-corrected chi connectivity index (χ1v) is 5.23. The van der Waals surface area contributed by atoms with Crippen molar-refractivity contribution < 1.29 is 16.8 Å². The number of thiol groups is 1. The van der Waals surface area contributed by atoms with Crippen LogP contribution in [-0.4, -0.2) is 26.6 Å². The Hall–Kier alpha value is -0.0100. The van der Waals surface area contributed by atoms with E-state index in [1.807, 2.05) is 0 Å². The Bertz CT molecular complexity index is 285. The summed E-state index contributed by atoms with van der Waals surface area (Å²) in [6, 6.07) is 0. The van der Waals surface area contributed by atoms with Crippen molar-refractivity contribution in [3.05, 3.63) is 0 Å². The molecule has 7 heteroatoms. The van der Waals surface area contributed by atoms with E-state index in [9.17, 15) is 16.8 Å². The first kappa shape index (κ1) is 8.99. The Kier molecular flexibility index (Phi) is 3.23. The Morgan fingerprint density at radius 3 is 2.00 bits per heavy atom. The SMILES string of the molecule is O=S(=O)=CS(=O)(=O)CS. The van der Waals surface area contributed by atoms with Crippen molar-refractivity contribution in [3.8, 4) is 0 Å². The van der Waals surface area contributed by atoms with Gasteiger partial charge in [-0.05, 0) is 0 Å². The molecular formula is C2H4O4S3. The van der Waals surface area contributed by atoms with Crippen LogP contribution in [0.3, 0.4) is 0 Å². The summed E-state index contributed by atoms with van der Waals surface area (Å²) < 4.78 is 40.2. The average Bonchev–Trinajstić information content (AvgIpc) is 1.63. The Labute approximate surface area is 59.7 Å². The molecule has 0 aliphatic rings. The molecule has 0 bridgehead atoms. The summed E-state index contributed by atoms with van der Waals surface area (Å²) in [6.07, 6.45) is 0. The van der Waals surface area contributed by atoms with E-state index in [2.05, 4.69) is 12.6 Å². The monoisotopic (exact) mass is 188 g/mol. The summed E-state index contributed by atoms with van der Waals surface area (Å²) in [5.41, 5.74) is 0. The van der Waals surface area contributed by atoms with Crippen molar-refractivity contribution in [2.45, 2.75) is 0 Å². The van der Waals surface area contributed by atoms with Gasteiger partial charge < -0.3 is 0 Å². The average molecular weight is 188 g/mol. The van der Waals surface area contributed by atoms with Crippen LogP contribution >= 0.6 is 12.6 Å². The van der Waals surface area contributed by atoms with E-state index in [1.165, 1.54) is 0 Å². The predicted octanol–water partition coefficient (Wildman–Crippen LogP) is -1.07. The van der Waals surface area contributed by atoms with Gasteiger partial charge in [0, 0.05) is 0 Å². The van der Waals surface area contributed by atoms with Crippen LogP contribution in [0.15, 0.2) is 0 Å². The second kappa shape index (κ2) is 3.23. The normalized spacial score (nSPS) is 10.8. The fourth-order valence-electron chi connectivity index (χ4n) is 0.150. The van der Waals surface area contributed by atoms with E-state index in [1.54, 1.807) is 0 Å². The van der Waals surface area contributed by atoms with Gasteiger partial charge in [-0.25, -0.2) is 8.42 Å². The zero-order chi connectivity index (χ0) is 7.49. The number of sulfone groups is 1. The van der Waals surface area contributed by atoms with Gasteiger partial charge in [0.05, 0.1) is 5.08 Å². The van der Waals surface area contributed by atoms with Gasteiger partial charge in [0.25, 0.3) is 0 Å². The first-order chi connectivity index (χ1) is 3.98. The predicted molar refractivity (Wildman–Crippen MR) is 37.8 cm³/mol. The lowest BCUT2D eigenvalue weighted by Crippen LogP contribution is -2.01. The number of hydrogen-bond acceptors (Lipinski definition) is 5. The van der Waals surface area contributed by atoms with Crippen molar-refractivity contribution in [2.75, 3.05) is 5.08 Å². The van der Waals surface area contributed by atoms with Gasteiger partial charge in [-0.3, -0.25) is 0 Å². The summed E-state index contributed by atoms with van der Waals surface area (Å²) >= 11 is 3.38. The molecule has 9 heavy (non-hydrogen) atoms. The number of rotatable bonds is 2. The molecule has 0 spiro atoms. The van der Waals surface area contributed by atoms with Gasteiger partial charge in [0.15, 0.2) is 14.5 Å². The van der Waals surface area contributed by atoms with Crippen LogP contribution in [0.5, 0.6) is 0 Å². The molecule has 0 unspecified atom stereocenters. The standard InChI is InChI=1S/C2H4O4S3/c3-8(4)2-9(5,6)1-7/h2,7H,1H2. The van der Waals surface area contributed by atoms with Gasteiger partial charge >= 0.3 is 0 Å². The van der Waals surface area contributed by atoms with Crippen LogP contribution in [0.1, 0.15) is 0 Å². The third kappa shape index (κ3) is 4.49. The molecule has 0 aliphatic carbocycles. The molecule has 0 aliphatic heterocycles. The maximum Gasteiger partial charge on any atom is 0.225 e. The summed E-state index contributed by atoms with van der Waals surface area (Å²) in [5, 5.41) is -0.485. The lowest BCUT2D eigenvalue weighted by molar-refractivity contribution is 0.612. The summed E-state index contributed by atoms with van der Waals surface area (Å²) in [5.74, 6) is 0. The Morgan fingerprint density at radius 1 is 1.44 bits per heavy atom. The maximum absolute atomic E-state index is 10.3. The lowest BCUT2D eigenvalue weighted by atomic mass is 11.9. The highest BCUT2D eigenvalue weighted by molar-refractivity contribution is 8.18. The molecule has 0 saturated carbocycles. The molecule has 0 aromatic rings. The third-order valence-electron chi connectivity index (χ3n) is 0.405. The number of hydrogen-bond donors (Lipinski definition) is 1. The minimum atomic E-state index is -3.59. The molecule has 0 aromatic heterocycles. The lowest BCUT2D eigenvalue weighted by Gasteiger charge is -1.81. The van der Waals surface area contributed by atoms with Crippen LogP contribution < -0.4 is 0 Å². The van der Waals surface area contributed by atoms with Crippen LogP contribution in [0.2, 0.25) is 0 Å². The highest BCUT2D eigenvalue weighted by Crippen LogP contribution is 1.85. The summed E-state index contributed by atoms with van der Waals surface area (Å²) in [4.78, 5) is 0. The quantitative estimate of drug-likeness (QED) is 0.442. The largest absolute Gasteiger partial charge is 0.225 e. The van der Waals surface area contributed by atoms with E-state index in [4.69, 9.17) is 0 Å². The van der Waals surface area contributed by atoms with Crippen LogP contribution in [0, 0.1) is 0 Å². The maximum atomic E-state index is 10.3. The topological polar surface area (TPSA) is 68.3 Å². The highest BCUT2D eigenvalue weighted by Gasteiger charge is 2.01. The van der Waals surface area contributed by atoms with Crippen LogP contribution in [0.4, 0.5) is 0 Å². The minimum Gasteiger partial charge on any atom is -0.222 e. The van der Waals surface area contributed by atoms with Crippen molar-refractivity contribution in [3.63, 3.8) is 0 Å². The molecule has 0 N–H and O–H groups in total. The van der Waals surface area contributed by atoms with Gasteiger partial charge in [-0.1, -0.05) is 0 Å². The third-order valence-corrected chi connectivity index (χ3v) is 3.65. The van der Waals surface area contributed by atoms with Gasteiger partial charge in [0.2, 0.25) is 10.3 Å². The minimum absolute atomic E-state index is 0.222. The van der Waals surface area contributed by atoms with Crippen molar-refractivity contribution in [1.29, 1.82) is 0 Å². The second-order valence-corrected chi connectivity index (χ2v) is 4.80. The van der Waals surface area contributed by atoms with Crippen LogP contribution in [0.25, 0.3) is 0 Å². The fraction of sp³-hybridized carbons (Fsp3) is 0.500. The van der Waals surface area contributed by atoms with Crippen molar-refractivity contribution in [2.24, 2.45) is 0 Å². The molecule has 4 nitrogen and oxygen atoms in total. The Morgan fingerprint density at radius 2 is 1.89 bits per heavy atom. The van der Waals surface area contributed by atoms with E-state index in [0.29, 0.717) is 0 Å². The molecule has 54 valence electrons. The molecule has 0 fully saturated rings. The second-order valence-electron chi connectivity index (χ2n) is 1.15. The summed E-state index contributed by atoms with van der Waals surface area (Å²) in [7, 11) is -6.24. The van der Waals surface area contributed by atoms with Gasteiger partial charge in [-0.15, -0.1) is 0 Å². The fourth-order valence-corrected chi connectivity index (χ4v) is 1.90. The van der Waals surface area contributed by atoms with E-state index < -0.39 is 25.2 Å². The molecule has 0 amide bonds. The van der Waals surface area contributed by atoms with Gasteiger partial charge in [-0.2, -0.15) is 21.0 Å². The zero-order valence-electron chi connectivity index (χ0n) is 4.18. The van der Waals surface area contributed by atoms with Crippen molar-refractivity contribution in [1.82, 2.24) is 0 Å². The zero-order valence-corrected chi connectivity index (χ0v) is 6.71. The molecule has 0 aromatic carbocycles. The van der Waals surface area contributed by atoms with E-state index in [0.717, 1.165) is 0 Å². The highest BCUT2D eigenvalue weighted by atomic mass is 32.3. The van der Waals surface area contributed by atoms with Crippen LogP contribution in [-0.2, 0) is 20.1 Å². The Balaban J connectivity index is 4.85. The molecule has 0 saturated heterocycles. The molecular weight excluding hydrogens is 184 g/mol. The molecule has 0 atom stereocenters.